The lowest BCUT2D eigenvalue weighted by atomic mass is 9.93. The molecule has 1 aliphatic carbocycles. The molecule has 158 valence electrons. The summed E-state index contributed by atoms with van der Waals surface area (Å²) >= 11 is 0. The van der Waals surface area contributed by atoms with Crippen LogP contribution in [0.2, 0.25) is 0 Å². The summed E-state index contributed by atoms with van der Waals surface area (Å²) in [5.41, 5.74) is -1.62. The Morgan fingerprint density at radius 3 is 2.43 bits per heavy atom. The maximum atomic E-state index is 14.5. The molecule has 5 nitrogen and oxygen atoms in total. The monoisotopic (exact) mass is 418 g/mol. The van der Waals surface area contributed by atoms with Gasteiger partial charge in [-0.1, -0.05) is 24.6 Å². The van der Waals surface area contributed by atoms with Gasteiger partial charge in [0.1, 0.15) is 6.04 Å². The maximum Gasteiger partial charge on any atom is 0.488 e. The first kappa shape index (κ1) is 20.4. The van der Waals surface area contributed by atoms with Crippen LogP contribution in [0.3, 0.4) is 0 Å². The summed E-state index contributed by atoms with van der Waals surface area (Å²) in [5.74, 6) is -0.702. The number of nitrogens with one attached hydrogen (secondary N) is 3. The highest BCUT2D eigenvalue weighted by atomic mass is 19.4. The lowest BCUT2D eigenvalue weighted by molar-refractivity contribution is -0.568. The number of carbonyl (C=O) groups excluding carboxylic acids is 1. The molecular formula is C22H25F3N4O+2. The molecule has 2 heterocycles. The molecule has 2 aliphatic rings. The lowest BCUT2D eigenvalue weighted by Crippen LogP contribution is -2.94. The summed E-state index contributed by atoms with van der Waals surface area (Å²) in [6.07, 6.45) is 0.881. The van der Waals surface area contributed by atoms with Crippen LogP contribution in [-0.2, 0) is 4.79 Å². The van der Waals surface area contributed by atoms with Gasteiger partial charge in [-0.25, -0.2) is 20.1 Å². The second-order valence-corrected chi connectivity index (χ2v) is 7.96. The Hall–Kier alpha value is -2.90. The number of aryl methyl sites for hydroxylation is 1. The van der Waals surface area contributed by atoms with Crippen molar-refractivity contribution in [1.82, 2.24) is 4.90 Å². The first-order valence-electron chi connectivity index (χ1n) is 10.2. The van der Waals surface area contributed by atoms with Gasteiger partial charge in [0.05, 0.1) is 11.8 Å². The standard InChI is InChI=1S/C22H23F3N4O/c1-15-12-13-26-18(14-15)27-21(22(23,24)25)20(30)29(17-10-6-3-7-11-17)19(28-21)16-8-4-2-5-9-16/h2,4-5,8-9,12-14,17H,3,6-7,10-11H2,1H3,(H,26,27)/p+2/t21-/m1/s1. The largest absolute Gasteiger partial charge is 0.488 e. The zero-order valence-corrected chi connectivity index (χ0v) is 16.7. The molecule has 0 spiro atoms. The number of amides is 1. The molecule has 8 heteroatoms. The van der Waals surface area contributed by atoms with E-state index < -0.39 is 17.7 Å². The zero-order valence-electron chi connectivity index (χ0n) is 16.7. The van der Waals surface area contributed by atoms with Crippen LogP contribution in [-0.4, -0.2) is 34.5 Å². The van der Waals surface area contributed by atoms with Gasteiger partial charge in [0, 0.05) is 6.07 Å². The Bertz CT molecular complexity index is 954. The zero-order chi connectivity index (χ0) is 21.4. The van der Waals surface area contributed by atoms with Gasteiger partial charge in [0.25, 0.3) is 11.7 Å². The van der Waals surface area contributed by atoms with Crippen LogP contribution in [0.15, 0.2) is 48.7 Å². The highest BCUT2D eigenvalue weighted by Gasteiger charge is 2.76. The third-order valence-electron chi connectivity index (χ3n) is 5.78. The number of nitrogens with zero attached hydrogens (tertiary/aromatic N) is 1. The lowest BCUT2D eigenvalue weighted by Gasteiger charge is -2.27. The predicted molar refractivity (Wildman–Crippen MR) is 105 cm³/mol. The number of H-pyrrole nitrogens is 1. The fourth-order valence-electron chi connectivity index (χ4n) is 4.27. The Morgan fingerprint density at radius 1 is 1.10 bits per heavy atom. The Kier molecular flexibility index (Phi) is 5.26. The fraction of sp³-hybridized carbons (Fsp3) is 0.409. The van der Waals surface area contributed by atoms with Crippen molar-refractivity contribution in [2.45, 2.75) is 56.9 Å². The van der Waals surface area contributed by atoms with E-state index in [1.165, 1.54) is 4.90 Å². The van der Waals surface area contributed by atoms with Gasteiger partial charge in [0.2, 0.25) is 0 Å². The number of aromatic amines is 1. The molecule has 4 rings (SSSR count). The van der Waals surface area contributed by atoms with Gasteiger partial charge in [-0.2, -0.15) is 18.1 Å². The molecule has 1 fully saturated rings. The molecule has 1 aromatic heterocycles. The molecule has 1 aromatic carbocycles. The van der Waals surface area contributed by atoms with Gasteiger partial charge in [-0.05, 0) is 56.4 Å². The Morgan fingerprint density at radius 2 is 1.80 bits per heavy atom. The van der Waals surface area contributed by atoms with Crippen LogP contribution in [0, 0.1) is 6.92 Å². The number of pyridine rings is 1. The van der Waals surface area contributed by atoms with Gasteiger partial charge < -0.3 is 0 Å². The van der Waals surface area contributed by atoms with Crippen LogP contribution in [0.5, 0.6) is 0 Å². The summed E-state index contributed by atoms with van der Waals surface area (Å²) < 4.78 is 43.4. The molecule has 30 heavy (non-hydrogen) atoms. The van der Waals surface area contributed by atoms with Crippen molar-refractivity contribution >= 4 is 17.6 Å². The van der Waals surface area contributed by atoms with Crippen molar-refractivity contribution in [2.75, 3.05) is 5.32 Å². The molecule has 1 atom stereocenters. The minimum absolute atomic E-state index is 0.117. The molecular weight excluding hydrogens is 393 g/mol. The molecule has 0 bridgehead atoms. The van der Waals surface area contributed by atoms with E-state index in [-0.39, 0.29) is 17.7 Å². The SMILES string of the molecule is Cc1cc[nH+]c(N[C@@]2(C(F)(F)F)[NH+]=C(c3ccccc3)N(C3CCCCC3)C2=O)c1. The number of benzene rings is 1. The Labute approximate surface area is 173 Å². The molecule has 0 saturated heterocycles. The first-order chi connectivity index (χ1) is 14.3. The van der Waals surface area contributed by atoms with Gasteiger partial charge in [-0.3, -0.25) is 0 Å². The van der Waals surface area contributed by atoms with E-state index in [0.29, 0.717) is 18.4 Å². The molecule has 1 saturated carbocycles. The highest BCUT2D eigenvalue weighted by Crippen LogP contribution is 2.35. The van der Waals surface area contributed by atoms with Crippen LogP contribution in [0.25, 0.3) is 0 Å². The summed E-state index contributed by atoms with van der Waals surface area (Å²) in [6, 6.07) is 11.8. The van der Waals surface area contributed by atoms with Crippen molar-refractivity contribution < 1.29 is 27.9 Å². The third kappa shape index (κ3) is 3.55. The van der Waals surface area contributed by atoms with Crippen LogP contribution in [0.1, 0.15) is 43.2 Å². The van der Waals surface area contributed by atoms with E-state index in [1.54, 1.807) is 55.6 Å². The van der Waals surface area contributed by atoms with Crippen LogP contribution in [0.4, 0.5) is 19.0 Å². The number of anilines is 1. The number of hydrogen-bond donors (Lipinski definition) is 2. The van der Waals surface area contributed by atoms with Crippen molar-refractivity contribution in [1.29, 1.82) is 0 Å². The molecule has 1 amide bonds. The average Bonchev–Trinajstić information content (AvgIpc) is 3.03. The average molecular weight is 418 g/mol. The number of halogens is 3. The molecule has 0 radical (unpaired) electrons. The Balaban J connectivity index is 1.84. The second kappa shape index (κ2) is 7.74. The minimum Gasteiger partial charge on any atom is -0.248 e. The van der Waals surface area contributed by atoms with Gasteiger partial charge in [-0.15, -0.1) is 0 Å². The maximum absolute atomic E-state index is 14.5. The van der Waals surface area contributed by atoms with Crippen LogP contribution >= 0.6 is 0 Å². The number of hydrogen-bond acceptors (Lipinski definition) is 2. The van der Waals surface area contributed by atoms with E-state index in [2.05, 4.69) is 15.3 Å². The number of amidine groups is 1. The van der Waals surface area contributed by atoms with Crippen molar-refractivity contribution in [3.63, 3.8) is 0 Å². The van der Waals surface area contributed by atoms with Gasteiger partial charge >= 0.3 is 17.7 Å². The molecule has 0 unspecified atom stereocenters. The number of rotatable bonds is 4. The van der Waals surface area contributed by atoms with E-state index >= 15 is 0 Å². The first-order valence-corrected chi connectivity index (χ1v) is 10.2. The summed E-state index contributed by atoms with van der Waals surface area (Å²) in [6.45, 7) is 1.78. The summed E-state index contributed by atoms with van der Waals surface area (Å²) in [7, 11) is 0. The number of aromatic nitrogens is 1. The summed E-state index contributed by atoms with van der Waals surface area (Å²) in [4.78, 5) is 20.2. The minimum atomic E-state index is -4.87. The second-order valence-electron chi connectivity index (χ2n) is 7.96. The van der Waals surface area contributed by atoms with Crippen molar-refractivity contribution in [2.24, 2.45) is 0 Å². The predicted octanol–water partition coefficient (Wildman–Crippen LogP) is 2.18. The van der Waals surface area contributed by atoms with E-state index in [0.717, 1.165) is 24.8 Å². The number of alkyl halides is 3. The van der Waals surface area contributed by atoms with E-state index in [4.69, 9.17) is 0 Å². The normalized spacial score (nSPS) is 22.9. The van der Waals surface area contributed by atoms with Crippen LogP contribution < -0.4 is 15.3 Å². The van der Waals surface area contributed by atoms with E-state index in [9.17, 15) is 18.0 Å². The molecule has 2 aromatic rings. The highest BCUT2D eigenvalue weighted by molar-refractivity contribution is 6.11. The number of carbonyl (C=O) groups is 1. The topological polar surface area (TPSA) is 60.5 Å². The summed E-state index contributed by atoms with van der Waals surface area (Å²) in [5, 5.41) is 2.45. The fourth-order valence-corrected chi connectivity index (χ4v) is 4.27. The van der Waals surface area contributed by atoms with Gasteiger partial charge in [0.15, 0.2) is 0 Å². The quantitative estimate of drug-likeness (QED) is 0.800. The molecule has 1 aliphatic heterocycles. The van der Waals surface area contributed by atoms with Crippen molar-refractivity contribution in [3.05, 3.63) is 59.8 Å². The smallest absolute Gasteiger partial charge is 0.248 e. The third-order valence-corrected chi connectivity index (χ3v) is 5.78. The van der Waals surface area contributed by atoms with E-state index in [1.807, 2.05) is 0 Å². The molecule has 3 N–H and O–H groups in total. The van der Waals surface area contributed by atoms with Crippen molar-refractivity contribution in [3.8, 4) is 0 Å².